The number of piperidine rings is 1. The van der Waals surface area contributed by atoms with Crippen LogP contribution in [-0.4, -0.2) is 23.9 Å². The molecule has 1 spiro atoms. The van der Waals surface area contributed by atoms with Crippen molar-refractivity contribution in [2.45, 2.75) is 25.2 Å². The number of nitrogens with one attached hydrogen (secondary N) is 2. The van der Waals surface area contributed by atoms with Gasteiger partial charge in [-0.05, 0) is 23.8 Å². The molecule has 1 aromatic heterocycles. The predicted octanol–water partition coefficient (Wildman–Crippen LogP) is 3.82. The molecule has 1 saturated heterocycles. The van der Waals surface area contributed by atoms with Crippen LogP contribution in [0.25, 0.3) is 22.0 Å². The van der Waals surface area contributed by atoms with Gasteiger partial charge in [-0.25, -0.2) is 0 Å². The number of benzene rings is 2. The lowest BCUT2D eigenvalue weighted by Gasteiger charge is -2.41. The van der Waals surface area contributed by atoms with E-state index in [9.17, 15) is 0 Å². The highest BCUT2D eigenvalue weighted by atomic mass is 16.7. The first kappa shape index (κ1) is 14.1. The topological polar surface area (TPSA) is 46.3 Å². The average Bonchev–Trinajstić information content (AvgIpc) is 3.06. The molecule has 0 saturated carbocycles. The van der Waals surface area contributed by atoms with Gasteiger partial charge in [0, 0.05) is 54.2 Å². The zero-order chi connectivity index (χ0) is 16.0. The molecule has 3 aromatic rings. The molecule has 0 atom stereocenters. The van der Waals surface area contributed by atoms with Crippen LogP contribution in [0, 0.1) is 0 Å². The molecule has 2 aliphatic rings. The highest BCUT2D eigenvalue weighted by Gasteiger charge is 2.38. The Morgan fingerprint density at radius 2 is 1.88 bits per heavy atom. The number of H-pyrrole nitrogens is 1. The first-order valence-electron chi connectivity index (χ1n) is 8.56. The third-order valence-electron chi connectivity index (χ3n) is 5.11. The highest BCUT2D eigenvalue weighted by Crippen LogP contribution is 2.39. The summed E-state index contributed by atoms with van der Waals surface area (Å²) in [4.78, 5) is 3.34. The van der Waals surface area contributed by atoms with Gasteiger partial charge in [-0.1, -0.05) is 24.3 Å². The van der Waals surface area contributed by atoms with Crippen LogP contribution in [0.3, 0.4) is 0 Å². The van der Waals surface area contributed by atoms with E-state index in [2.05, 4.69) is 59.0 Å². The van der Waals surface area contributed by atoms with Crippen LogP contribution in [0.15, 0.2) is 48.7 Å². The number of rotatable bonds is 1. The SMILES string of the molecule is c1ccc2c(-c3ccc4c(c3)COC3(CCNCC3)O4)c[nH]c2c1. The number of hydrogen-bond acceptors (Lipinski definition) is 3. The minimum Gasteiger partial charge on any atom is -0.462 e. The lowest BCUT2D eigenvalue weighted by atomic mass is 9.99. The fraction of sp³-hybridized carbons (Fsp3) is 0.300. The smallest absolute Gasteiger partial charge is 0.213 e. The molecule has 3 heterocycles. The molecule has 0 radical (unpaired) electrons. The van der Waals surface area contributed by atoms with Crippen molar-refractivity contribution in [1.82, 2.24) is 10.3 Å². The quantitative estimate of drug-likeness (QED) is 0.716. The Kier molecular flexibility index (Phi) is 3.15. The first-order valence-corrected chi connectivity index (χ1v) is 8.56. The van der Waals surface area contributed by atoms with Crippen molar-refractivity contribution >= 4 is 10.9 Å². The number of ether oxygens (including phenoxy) is 2. The van der Waals surface area contributed by atoms with Crippen LogP contribution in [-0.2, 0) is 11.3 Å². The van der Waals surface area contributed by atoms with E-state index in [0.29, 0.717) is 6.61 Å². The molecule has 2 aromatic carbocycles. The van der Waals surface area contributed by atoms with Gasteiger partial charge in [-0.15, -0.1) is 0 Å². The molecule has 4 nitrogen and oxygen atoms in total. The molecule has 0 bridgehead atoms. The van der Waals surface area contributed by atoms with E-state index in [0.717, 1.165) is 42.8 Å². The van der Waals surface area contributed by atoms with Crippen LogP contribution in [0.4, 0.5) is 0 Å². The van der Waals surface area contributed by atoms with Crippen molar-refractivity contribution in [3.63, 3.8) is 0 Å². The van der Waals surface area contributed by atoms with E-state index >= 15 is 0 Å². The molecule has 0 amide bonds. The predicted molar refractivity (Wildman–Crippen MR) is 94.0 cm³/mol. The van der Waals surface area contributed by atoms with Crippen molar-refractivity contribution in [2.75, 3.05) is 13.1 Å². The Bertz CT molecular complexity index is 894. The lowest BCUT2D eigenvalue weighted by molar-refractivity contribution is -0.218. The van der Waals surface area contributed by atoms with Gasteiger partial charge in [0.2, 0.25) is 5.79 Å². The number of para-hydroxylation sites is 1. The largest absolute Gasteiger partial charge is 0.462 e. The van der Waals surface area contributed by atoms with Crippen LogP contribution in [0.5, 0.6) is 5.75 Å². The van der Waals surface area contributed by atoms with Crippen LogP contribution in [0.1, 0.15) is 18.4 Å². The molecule has 0 unspecified atom stereocenters. The summed E-state index contributed by atoms with van der Waals surface area (Å²) in [7, 11) is 0. The van der Waals surface area contributed by atoms with Crippen LogP contribution >= 0.6 is 0 Å². The van der Waals surface area contributed by atoms with E-state index < -0.39 is 5.79 Å². The summed E-state index contributed by atoms with van der Waals surface area (Å²) in [5, 5.41) is 4.60. The number of aromatic nitrogens is 1. The normalized spacial score (nSPS) is 19.2. The molecule has 5 rings (SSSR count). The molecule has 2 N–H and O–H groups in total. The fourth-order valence-corrected chi connectivity index (χ4v) is 3.76. The number of aromatic amines is 1. The van der Waals surface area contributed by atoms with Gasteiger partial charge in [-0.3, -0.25) is 0 Å². The Balaban J connectivity index is 1.51. The summed E-state index contributed by atoms with van der Waals surface area (Å²) in [6, 6.07) is 14.8. The maximum absolute atomic E-state index is 6.25. The molecule has 4 heteroatoms. The molecule has 2 aliphatic heterocycles. The van der Waals surface area contributed by atoms with Crippen molar-refractivity contribution in [2.24, 2.45) is 0 Å². The van der Waals surface area contributed by atoms with Crippen molar-refractivity contribution in [3.8, 4) is 16.9 Å². The van der Waals surface area contributed by atoms with Gasteiger partial charge >= 0.3 is 0 Å². The van der Waals surface area contributed by atoms with Gasteiger partial charge in [0.05, 0.1) is 6.61 Å². The first-order chi connectivity index (χ1) is 11.8. The van der Waals surface area contributed by atoms with E-state index in [-0.39, 0.29) is 0 Å². The summed E-state index contributed by atoms with van der Waals surface area (Å²) in [6.45, 7) is 2.51. The molecular weight excluding hydrogens is 300 g/mol. The standard InChI is InChI=1S/C20H20N2O2/c1-2-4-18-16(3-1)17(12-22-18)14-5-6-19-15(11-14)13-23-20(24-19)7-9-21-10-8-20/h1-6,11-12,21-22H,7-10,13H2. The second-order valence-corrected chi connectivity index (χ2v) is 6.62. The Morgan fingerprint density at radius 1 is 1.00 bits per heavy atom. The van der Waals surface area contributed by atoms with Crippen molar-refractivity contribution in [1.29, 1.82) is 0 Å². The van der Waals surface area contributed by atoms with E-state index in [1.807, 2.05) is 0 Å². The van der Waals surface area contributed by atoms with Gasteiger partial charge in [0.25, 0.3) is 0 Å². The summed E-state index contributed by atoms with van der Waals surface area (Å²) < 4.78 is 12.4. The van der Waals surface area contributed by atoms with E-state index in [1.54, 1.807) is 0 Å². The maximum Gasteiger partial charge on any atom is 0.213 e. The maximum atomic E-state index is 6.25. The summed E-state index contributed by atoms with van der Waals surface area (Å²) >= 11 is 0. The van der Waals surface area contributed by atoms with Gasteiger partial charge < -0.3 is 19.8 Å². The molecule has 0 aliphatic carbocycles. The van der Waals surface area contributed by atoms with Crippen LogP contribution < -0.4 is 10.1 Å². The van der Waals surface area contributed by atoms with Gasteiger partial charge in [-0.2, -0.15) is 0 Å². The monoisotopic (exact) mass is 320 g/mol. The molecular formula is C20H20N2O2. The number of fused-ring (bicyclic) bond motifs is 2. The highest BCUT2D eigenvalue weighted by molar-refractivity contribution is 5.95. The molecule has 24 heavy (non-hydrogen) atoms. The van der Waals surface area contributed by atoms with Crippen molar-refractivity contribution in [3.05, 3.63) is 54.2 Å². The second kappa shape index (κ2) is 5.36. The van der Waals surface area contributed by atoms with Crippen LogP contribution in [0.2, 0.25) is 0 Å². The average molecular weight is 320 g/mol. The van der Waals surface area contributed by atoms with E-state index in [1.165, 1.54) is 16.5 Å². The summed E-state index contributed by atoms with van der Waals surface area (Å²) in [5.74, 6) is 0.535. The van der Waals surface area contributed by atoms with Crippen molar-refractivity contribution < 1.29 is 9.47 Å². The van der Waals surface area contributed by atoms with Gasteiger partial charge in [0.1, 0.15) is 5.75 Å². The third-order valence-corrected chi connectivity index (χ3v) is 5.11. The summed E-state index contributed by atoms with van der Waals surface area (Å²) in [6.07, 6.45) is 3.87. The second-order valence-electron chi connectivity index (χ2n) is 6.62. The Morgan fingerprint density at radius 3 is 2.79 bits per heavy atom. The fourth-order valence-electron chi connectivity index (χ4n) is 3.76. The Labute approximate surface area is 140 Å². The van der Waals surface area contributed by atoms with E-state index in [4.69, 9.17) is 9.47 Å². The molecule has 122 valence electrons. The zero-order valence-electron chi connectivity index (χ0n) is 13.5. The minimum absolute atomic E-state index is 0.430. The Hall–Kier alpha value is -2.30. The molecule has 1 fully saturated rings. The third kappa shape index (κ3) is 2.22. The lowest BCUT2D eigenvalue weighted by Crippen LogP contribution is -2.49. The zero-order valence-corrected chi connectivity index (χ0v) is 13.5. The minimum atomic E-state index is -0.430. The van der Waals surface area contributed by atoms with Gasteiger partial charge in [0.15, 0.2) is 0 Å². The number of hydrogen-bond donors (Lipinski definition) is 2. The summed E-state index contributed by atoms with van der Waals surface area (Å²) in [5.41, 5.74) is 4.70.